The van der Waals surface area contributed by atoms with Crippen molar-refractivity contribution in [3.8, 4) is 17.1 Å². The lowest BCUT2D eigenvalue weighted by Gasteiger charge is -2.11. The summed E-state index contributed by atoms with van der Waals surface area (Å²) in [4.78, 5) is 36.0. The van der Waals surface area contributed by atoms with Crippen LogP contribution in [0.3, 0.4) is 0 Å². The number of carbonyl (C=O) groups excluding carboxylic acids is 1. The monoisotopic (exact) mass is 385 g/mol. The fraction of sp³-hybridized carbons (Fsp3) is 0.0909. The van der Waals surface area contributed by atoms with E-state index in [0.29, 0.717) is 28.5 Å². The summed E-state index contributed by atoms with van der Waals surface area (Å²) < 4.78 is 1.80. The van der Waals surface area contributed by atoms with Gasteiger partial charge in [-0.3, -0.25) is 14.2 Å². The molecule has 0 saturated heterocycles. The molecule has 7 nitrogen and oxygen atoms in total. The fourth-order valence-corrected chi connectivity index (χ4v) is 3.16. The van der Waals surface area contributed by atoms with Gasteiger partial charge in [0.25, 0.3) is 11.5 Å². The van der Waals surface area contributed by atoms with E-state index in [9.17, 15) is 9.59 Å². The molecule has 1 amide bonds. The average molecular weight is 385 g/mol. The van der Waals surface area contributed by atoms with Crippen LogP contribution in [0.15, 0.2) is 71.7 Å². The lowest BCUT2D eigenvalue weighted by Crippen LogP contribution is -2.17. The first-order valence-corrected chi connectivity index (χ1v) is 9.11. The maximum atomic E-state index is 12.9. The minimum atomic E-state index is -0.280. The zero-order valence-electron chi connectivity index (χ0n) is 16.0. The zero-order valence-corrected chi connectivity index (χ0v) is 16.0. The number of carbonyl (C=O) groups is 1. The maximum Gasteiger partial charge on any atom is 0.274 e. The van der Waals surface area contributed by atoms with Crippen molar-refractivity contribution < 1.29 is 4.79 Å². The Balaban J connectivity index is 1.64. The molecule has 0 aliphatic carbocycles. The Morgan fingerprint density at radius 1 is 1.03 bits per heavy atom. The summed E-state index contributed by atoms with van der Waals surface area (Å²) in [6.45, 7) is 3.61. The fourth-order valence-electron chi connectivity index (χ4n) is 3.16. The predicted octanol–water partition coefficient (Wildman–Crippen LogP) is 3.49. The molecule has 7 heteroatoms. The van der Waals surface area contributed by atoms with Gasteiger partial charge in [0.15, 0.2) is 0 Å². The van der Waals surface area contributed by atoms with Crippen LogP contribution in [0, 0.1) is 13.8 Å². The van der Waals surface area contributed by atoms with Gasteiger partial charge in [-0.05, 0) is 38.1 Å². The second-order valence-corrected chi connectivity index (χ2v) is 6.63. The molecule has 0 aliphatic heterocycles. The van der Waals surface area contributed by atoms with Crippen molar-refractivity contribution in [3.63, 3.8) is 0 Å². The van der Waals surface area contributed by atoms with Crippen LogP contribution in [0.25, 0.3) is 17.1 Å². The first-order valence-electron chi connectivity index (χ1n) is 9.11. The molecule has 4 aromatic rings. The largest absolute Gasteiger partial charge is 0.321 e. The van der Waals surface area contributed by atoms with E-state index >= 15 is 0 Å². The van der Waals surface area contributed by atoms with Gasteiger partial charge in [-0.15, -0.1) is 0 Å². The average Bonchev–Trinajstić information content (AvgIpc) is 3.10. The number of para-hydroxylation sites is 1. The van der Waals surface area contributed by atoms with Crippen molar-refractivity contribution in [1.29, 1.82) is 0 Å². The molecule has 2 heterocycles. The van der Waals surface area contributed by atoms with E-state index in [0.717, 1.165) is 11.5 Å². The van der Waals surface area contributed by atoms with Crippen LogP contribution in [0.4, 0.5) is 5.69 Å². The third-order valence-corrected chi connectivity index (χ3v) is 4.45. The van der Waals surface area contributed by atoms with E-state index in [1.54, 1.807) is 35.9 Å². The van der Waals surface area contributed by atoms with Crippen molar-refractivity contribution in [2.75, 3.05) is 5.32 Å². The van der Waals surface area contributed by atoms with Crippen LogP contribution in [-0.2, 0) is 0 Å². The molecule has 0 saturated carbocycles. The Hall–Kier alpha value is -4.00. The number of H-pyrrole nitrogens is 1. The normalized spacial score (nSPS) is 10.7. The van der Waals surface area contributed by atoms with Gasteiger partial charge >= 0.3 is 0 Å². The van der Waals surface area contributed by atoms with Crippen molar-refractivity contribution in [2.24, 2.45) is 0 Å². The van der Waals surface area contributed by atoms with Crippen molar-refractivity contribution >= 4 is 11.6 Å². The summed E-state index contributed by atoms with van der Waals surface area (Å²) in [6, 6.07) is 18.2. The van der Waals surface area contributed by atoms with Gasteiger partial charge in [0.1, 0.15) is 17.3 Å². The Morgan fingerprint density at radius 3 is 2.59 bits per heavy atom. The summed E-state index contributed by atoms with van der Waals surface area (Å²) in [5.41, 5.74) is 3.00. The topological polar surface area (TPSA) is 92.7 Å². The standard InChI is InChI=1S/C22H19N5O2/c1-14-11-20(28)26-21(24-14)16-7-6-8-17(12-16)25-22(29)19-13-23-15(2)27(19)18-9-4-3-5-10-18/h3-13H,1-2H3,(H,25,29)(H,24,26,28). The number of aryl methyl sites for hydroxylation is 2. The Bertz CT molecular complexity index is 1240. The number of anilines is 1. The third kappa shape index (κ3) is 3.84. The van der Waals surface area contributed by atoms with Crippen LogP contribution >= 0.6 is 0 Å². The van der Waals surface area contributed by atoms with Gasteiger partial charge < -0.3 is 10.3 Å². The third-order valence-electron chi connectivity index (χ3n) is 4.45. The molecule has 0 spiro atoms. The molecule has 144 valence electrons. The van der Waals surface area contributed by atoms with Gasteiger partial charge in [0, 0.05) is 28.7 Å². The van der Waals surface area contributed by atoms with Gasteiger partial charge in [-0.1, -0.05) is 30.3 Å². The molecule has 0 fully saturated rings. The molecule has 4 rings (SSSR count). The Morgan fingerprint density at radius 2 is 1.83 bits per heavy atom. The number of imidazole rings is 1. The van der Waals surface area contributed by atoms with Gasteiger partial charge in [0.05, 0.1) is 6.20 Å². The highest BCUT2D eigenvalue weighted by Gasteiger charge is 2.16. The van der Waals surface area contributed by atoms with E-state index in [-0.39, 0.29) is 11.5 Å². The minimum Gasteiger partial charge on any atom is -0.321 e. The number of nitrogens with one attached hydrogen (secondary N) is 2. The van der Waals surface area contributed by atoms with Gasteiger partial charge in [0.2, 0.25) is 0 Å². The van der Waals surface area contributed by atoms with Crippen LogP contribution in [-0.4, -0.2) is 25.4 Å². The summed E-state index contributed by atoms with van der Waals surface area (Å²) in [7, 11) is 0. The molecule has 0 atom stereocenters. The lowest BCUT2D eigenvalue weighted by atomic mass is 10.2. The SMILES string of the molecule is Cc1cc(=O)[nH]c(-c2cccc(NC(=O)c3cnc(C)n3-c3ccccc3)c2)n1. The molecule has 2 aromatic carbocycles. The number of amides is 1. The number of rotatable bonds is 4. The van der Waals surface area contributed by atoms with Crippen LogP contribution in [0.1, 0.15) is 22.0 Å². The summed E-state index contributed by atoms with van der Waals surface area (Å²) in [6.07, 6.45) is 1.56. The number of benzene rings is 2. The quantitative estimate of drug-likeness (QED) is 0.562. The molecule has 0 bridgehead atoms. The van der Waals surface area contributed by atoms with Crippen molar-refractivity contribution in [3.05, 3.63) is 94.4 Å². The van der Waals surface area contributed by atoms with E-state index < -0.39 is 0 Å². The summed E-state index contributed by atoms with van der Waals surface area (Å²) in [5, 5.41) is 2.90. The van der Waals surface area contributed by atoms with E-state index in [2.05, 4.69) is 20.3 Å². The number of hydrogen-bond acceptors (Lipinski definition) is 4. The van der Waals surface area contributed by atoms with E-state index in [1.165, 1.54) is 6.07 Å². The molecular formula is C22H19N5O2. The van der Waals surface area contributed by atoms with Crippen LogP contribution < -0.4 is 10.9 Å². The van der Waals surface area contributed by atoms with Gasteiger partial charge in [-0.2, -0.15) is 0 Å². The predicted molar refractivity (Wildman–Crippen MR) is 111 cm³/mol. The zero-order chi connectivity index (χ0) is 20.4. The first-order chi connectivity index (χ1) is 14.0. The Kier molecular flexibility index (Phi) is 4.78. The highest BCUT2D eigenvalue weighted by molar-refractivity contribution is 6.03. The van der Waals surface area contributed by atoms with Crippen molar-refractivity contribution in [2.45, 2.75) is 13.8 Å². The highest BCUT2D eigenvalue weighted by atomic mass is 16.2. The molecule has 0 aliphatic rings. The van der Waals surface area contributed by atoms with Crippen LogP contribution in [0.5, 0.6) is 0 Å². The molecule has 0 radical (unpaired) electrons. The van der Waals surface area contributed by atoms with E-state index in [4.69, 9.17) is 0 Å². The minimum absolute atomic E-state index is 0.218. The molecule has 2 N–H and O–H groups in total. The molecule has 29 heavy (non-hydrogen) atoms. The highest BCUT2D eigenvalue weighted by Crippen LogP contribution is 2.20. The number of aromatic amines is 1. The van der Waals surface area contributed by atoms with Gasteiger partial charge in [-0.25, -0.2) is 9.97 Å². The molecule has 0 unspecified atom stereocenters. The lowest BCUT2D eigenvalue weighted by molar-refractivity contribution is 0.102. The smallest absolute Gasteiger partial charge is 0.274 e. The summed E-state index contributed by atoms with van der Waals surface area (Å²) in [5.74, 6) is 0.894. The number of nitrogens with zero attached hydrogens (tertiary/aromatic N) is 3. The first kappa shape index (κ1) is 18.4. The maximum absolute atomic E-state index is 12.9. The number of hydrogen-bond donors (Lipinski definition) is 2. The van der Waals surface area contributed by atoms with E-state index in [1.807, 2.05) is 43.3 Å². The number of aromatic nitrogens is 4. The van der Waals surface area contributed by atoms with Crippen LogP contribution in [0.2, 0.25) is 0 Å². The van der Waals surface area contributed by atoms with Crippen molar-refractivity contribution in [1.82, 2.24) is 19.5 Å². The second-order valence-electron chi connectivity index (χ2n) is 6.63. The molecule has 2 aromatic heterocycles. The molecular weight excluding hydrogens is 366 g/mol. The second kappa shape index (κ2) is 7.55. The summed E-state index contributed by atoms with van der Waals surface area (Å²) >= 11 is 0. The Labute approximate surface area is 167 Å².